The second kappa shape index (κ2) is 9.37. The lowest BCUT2D eigenvalue weighted by Crippen LogP contribution is -2.29. The van der Waals surface area contributed by atoms with Gasteiger partial charge in [-0.15, -0.1) is 0 Å². The van der Waals surface area contributed by atoms with Gasteiger partial charge in [0.05, 0.1) is 17.4 Å². The molecule has 0 radical (unpaired) electrons. The number of nitrogens with one attached hydrogen (secondary N) is 1. The molecule has 1 amide bonds. The van der Waals surface area contributed by atoms with Crippen molar-refractivity contribution in [2.45, 2.75) is 26.3 Å². The Morgan fingerprint density at radius 2 is 2.04 bits per heavy atom. The number of para-hydroxylation sites is 1. The molecule has 0 aliphatic carbocycles. The van der Waals surface area contributed by atoms with Crippen molar-refractivity contribution < 1.29 is 9.53 Å². The van der Waals surface area contributed by atoms with Crippen molar-refractivity contribution in [2.24, 2.45) is 0 Å². The maximum atomic E-state index is 12.6. The van der Waals surface area contributed by atoms with Gasteiger partial charge in [0.15, 0.2) is 0 Å². The van der Waals surface area contributed by atoms with Crippen LogP contribution in [-0.2, 0) is 11.3 Å². The molecule has 1 heterocycles. The van der Waals surface area contributed by atoms with Gasteiger partial charge in [-0.25, -0.2) is 4.98 Å². The van der Waals surface area contributed by atoms with E-state index in [1.165, 1.54) is 0 Å². The molecule has 0 atom stereocenters. The van der Waals surface area contributed by atoms with Gasteiger partial charge >= 0.3 is 0 Å². The van der Waals surface area contributed by atoms with Crippen molar-refractivity contribution in [3.63, 3.8) is 0 Å². The first-order valence-corrected chi connectivity index (χ1v) is 9.53. The van der Waals surface area contributed by atoms with Crippen LogP contribution in [0.15, 0.2) is 53.3 Å². The lowest BCUT2D eigenvalue weighted by atomic mass is 10.2. The molecular weight excluding hydrogens is 378 g/mol. The number of nitrogens with zero attached hydrogens (tertiary/aromatic N) is 2. The molecular formula is C21H22ClN3O3. The summed E-state index contributed by atoms with van der Waals surface area (Å²) in [6, 6.07) is 14.4. The number of aromatic nitrogens is 2. The molecule has 146 valence electrons. The third-order valence-corrected chi connectivity index (χ3v) is 4.56. The monoisotopic (exact) mass is 399 g/mol. The molecule has 0 unspecified atom stereocenters. The maximum Gasteiger partial charge on any atom is 0.261 e. The summed E-state index contributed by atoms with van der Waals surface area (Å²) in [5.41, 5.74) is 0.622. The molecule has 28 heavy (non-hydrogen) atoms. The predicted molar refractivity (Wildman–Crippen MR) is 110 cm³/mol. The number of carbonyl (C=O) groups excluding carboxylic acids is 1. The molecule has 2 aromatic carbocycles. The van der Waals surface area contributed by atoms with Crippen LogP contribution in [0, 0.1) is 6.92 Å². The van der Waals surface area contributed by atoms with Gasteiger partial charge < -0.3 is 10.1 Å². The lowest BCUT2D eigenvalue weighted by Gasteiger charge is -2.11. The number of ether oxygens (including phenoxy) is 1. The zero-order chi connectivity index (χ0) is 19.9. The summed E-state index contributed by atoms with van der Waals surface area (Å²) in [5.74, 6) is 1.24. The third-order valence-electron chi connectivity index (χ3n) is 4.33. The average molecular weight is 400 g/mol. The Hall–Kier alpha value is -2.86. The zero-order valence-electron chi connectivity index (χ0n) is 15.7. The molecule has 0 saturated heterocycles. The Kier molecular flexibility index (Phi) is 6.66. The Morgan fingerprint density at radius 1 is 1.21 bits per heavy atom. The number of hydrogen-bond donors (Lipinski definition) is 1. The zero-order valence-corrected chi connectivity index (χ0v) is 16.4. The van der Waals surface area contributed by atoms with Crippen molar-refractivity contribution in [1.29, 1.82) is 0 Å². The minimum Gasteiger partial charge on any atom is -0.492 e. The lowest BCUT2D eigenvalue weighted by molar-refractivity contribution is -0.121. The molecule has 0 bridgehead atoms. The summed E-state index contributed by atoms with van der Waals surface area (Å²) in [6.45, 7) is 3.02. The van der Waals surface area contributed by atoms with Gasteiger partial charge in [0.25, 0.3) is 5.56 Å². The molecule has 7 heteroatoms. The molecule has 6 nitrogen and oxygen atoms in total. The van der Waals surface area contributed by atoms with E-state index in [1.807, 2.05) is 30.3 Å². The number of carbonyl (C=O) groups is 1. The number of rotatable bonds is 8. The van der Waals surface area contributed by atoms with E-state index in [0.29, 0.717) is 60.0 Å². The molecule has 0 saturated carbocycles. The molecule has 0 aliphatic heterocycles. The highest BCUT2D eigenvalue weighted by Gasteiger charge is 2.08. The molecule has 3 aromatic rings. The van der Waals surface area contributed by atoms with Crippen LogP contribution in [0.2, 0.25) is 5.02 Å². The Bertz CT molecular complexity index is 1030. The second-order valence-electron chi connectivity index (χ2n) is 6.39. The quantitative estimate of drug-likeness (QED) is 0.589. The first-order valence-electron chi connectivity index (χ1n) is 9.16. The van der Waals surface area contributed by atoms with Crippen molar-refractivity contribution in [1.82, 2.24) is 14.9 Å². The van der Waals surface area contributed by atoms with Crippen molar-refractivity contribution in [3.05, 3.63) is 69.7 Å². The summed E-state index contributed by atoms with van der Waals surface area (Å²) >= 11 is 5.89. The normalized spacial score (nSPS) is 10.8. The maximum absolute atomic E-state index is 12.6. The molecule has 0 aliphatic rings. The number of hydrogen-bond acceptors (Lipinski definition) is 4. The Morgan fingerprint density at radius 3 is 2.86 bits per heavy atom. The summed E-state index contributed by atoms with van der Waals surface area (Å²) in [6.07, 6.45) is 0.887. The molecule has 0 spiro atoms. The molecule has 1 aromatic heterocycles. The fourth-order valence-corrected chi connectivity index (χ4v) is 3.12. The largest absolute Gasteiger partial charge is 0.492 e. The van der Waals surface area contributed by atoms with Gasteiger partial charge in [0, 0.05) is 18.0 Å². The highest BCUT2D eigenvalue weighted by atomic mass is 35.5. The van der Waals surface area contributed by atoms with Gasteiger partial charge in [-0.05, 0) is 43.7 Å². The highest BCUT2D eigenvalue weighted by Crippen LogP contribution is 2.16. The van der Waals surface area contributed by atoms with E-state index in [0.717, 1.165) is 0 Å². The summed E-state index contributed by atoms with van der Waals surface area (Å²) in [5, 5.41) is 4.01. The smallest absolute Gasteiger partial charge is 0.261 e. The number of halogens is 1. The van der Waals surface area contributed by atoms with Gasteiger partial charge in [-0.1, -0.05) is 29.8 Å². The molecule has 3 rings (SSSR count). The van der Waals surface area contributed by atoms with E-state index < -0.39 is 0 Å². The van der Waals surface area contributed by atoms with Crippen LogP contribution in [0.4, 0.5) is 0 Å². The number of aryl methyl sites for hydroxylation is 1. The number of fused-ring (bicyclic) bond motifs is 1. The Labute approximate surface area is 168 Å². The van der Waals surface area contributed by atoms with E-state index in [1.54, 1.807) is 29.7 Å². The highest BCUT2D eigenvalue weighted by molar-refractivity contribution is 6.30. The fraction of sp³-hybridized carbons (Fsp3) is 0.286. The van der Waals surface area contributed by atoms with Gasteiger partial charge in [-0.2, -0.15) is 0 Å². The van der Waals surface area contributed by atoms with Crippen molar-refractivity contribution in [3.8, 4) is 5.75 Å². The van der Waals surface area contributed by atoms with Crippen molar-refractivity contribution >= 4 is 28.4 Å². The minimum atomic E-state index is -0.0749. The topological polar surface area (TPSA) is 73.2 Å². The summed E-state index contributed by atoms with van der Waals surface area (Å²) in [7, 11) is 0. The molecule has 0 fully saturated rings. The van der Waals surface area contributed by atoms with Crippen LogP contribution >= 0.6 is 11.6 Å². The van der Waals surface area contributed by atoms with Crippen molar-refractivity contribution in [2.75, 3.05) is 13.2 Å². The average Bonchev–Trinajstić information content (AvgIpc) is 2.68. The van der Waals surface area contributed by atoms with E-state index in [9.17, 15) is 9.59 Å². The minimum absolute atomic E-state index is 0.0709. The van der Waals surface area contributed by atoms with Crippen LogP contribution in [0.5, 0.6) is 5.75 Å². The van der Waals surface area contributed by atoms with Crippen LogP contribution < -0.4 is 15.6 Å². The summed E-state index contributed by atoms with van der Waals surface area (Å²) < 4.78 is 7.15. The van der Waals surface area contributed by atoms with Crippen LogP contribution in [0.1, 0.15) is 18.7 Å². The van der Waals surface area contributed by atoms with E-state index in [2.05, 4.69) is 10.3 Å². The first-order chi connectivity index (χ1) is 13.5. The number of amides is 1. The van der Waals surface area contributed by atoms with E-state index in [-0.39, 0.29) is 11.5 Å². The first kappa shape index (κ1) is 19.9. The number of benzene rings is 2. The van der Waals surface area contributed by atoms with Crippen LogP contribution in [-0.4, -0.2) is 28.6 Å². The predicted octanol–water partition coefficient (Wildman–Crippen LogP) is 3.33. The summed E-state index contributed by atoms with van der Waals surface area (Å²) in [4.78, 5) is 29.0. The van der Waals surface area contributed by atoms with Gasteiger partial charge in [0.2, 0.25) is 5.91 Å². The van der Waals surface area contributed by atoms with E-state index in [4.69, 9.17) is 16.3 Å². The fourth-order valence-electron chi connectivity index (χ4n) is 2.94. The van der Waals surface area contributed by atoms with Gasteiger partial charge in [-0.3, -0.25) is 14.2 Å². The Balaban J connectivity index is 1.44. The second-order valence-corrected chi connectivity index (χ2v) is 6.83. The third kappa shape index (κ3) is 5.10. The van der Waals surface area contributed by atoms with E-state index >= 15 is 0 Å². The molecule has 1 N–H and O–H groups in total. The standard InChI is InChI=1S/C21H22ClN3O3/c1-15-24-19-9-3-2-8-18(19)21(27)25(15)12-5-10-20(26)23-11-13-28-17-7-4-6-16(22)14-17/h2-4,6-9,14H,5,10-13H2,1H3,(H,23,26). The van der Waals surface area contributed by atoms with Gasteiger partial charge in [0.1, 0.15) is 18.2 Å². The van der Waals surface area contributed by atoms with Crippen LogP contribution in [0.25, 0.3) is 10.9 Å². The van der Waals surface area contributed by atoms with Crippen LogP contribution in [0.3, 0.4) is 0 Å². The SMILES string of the molecule is Cc1nc2ccccc2c(=O)n1CCCC(=O)NCCOc1cccc(Cl)c1.